The van der Waals surface area contributed by atoms with Crippen LogP contribution in [0.1, 0.15) is 56.4 Å². The van der Waals surface area contributed by atoms with E-state index < -0.39 is 45.2 Å². The molecule has 3 aliphatic carbocycles. The molecule has 0 radical (unpaired) electrons. The summed E-state index contributed by atoms with van der Waals surface area (Å²) in [5, 5.41) is 12.9. The zero-order chi connectivity index (χ0) is 28.1. The molecule has 0 unspecified atom stereocenters. The first-order valence-electron chi connectivity index (χ1n) is 14.1. The van der Waals surface area contributed by atoms with Crippen LogP contribution in [-0.2, 0) is 19.2 Å². The van der Waals surface area contributed by atoms with Crippen molar-refractivity contribution in [2.24, 2.45) is 17.8 Å². The Bertz CT molecular complexity index is 1530. The smallest absolute Gasteiger partial charge is 0.253 e. The van der Waals surface area contributed by atoms with Crippen molar-refractivity contribution in [3.05, 3.63) is 53.6 Å². The van der Waals surface area contributed by atoms with Gasteiger partial charge in [-0.2, -0.15) is 0 Å². The standard InChI is InChI=1S/C31H30Cl2N2O5/c1-34-28(39)30(32)15-22-19(13-14-20-23(22)27(38)35(26(20)37)17-8-3-2-4-9-17)24(31(30,33)29(34)40)21-12-11-16-7-5-6-10-18(16)25(21)36/h5-7,10-13,17,20,22-24,36H,2-4,8-9,14-15H2,1H3/t20-,22+,23-,24+,30+,31-/m0/s1. The molecular weight excluding hydrogens is 551 g/mol. The number of fused-ring (bicyclic) bond motifs is 5. The normalized spacial score (nSPS) is 36.1. The molecule has 6 atom stereocenters. The largest absolute Gasteiger partial charge is 0.507 e. The van der Waals surface area contributed by atoms with Crippen LogP contribution >= 0.6 is 23.2 Å². The van der Waals surface area contributed by atoms with Crippen LogP contribution < -0.4 is 0 Å². The lowest BCUT2D eigenvalue weighted by Crippen LogP contribution is -2.60. The number of carbonyl (C=O) groups is 4. The summed E-state index contributed by atoms with van der Waals surface area (Å²) in [5.74, 6) is -4.44. The summed E-state index contributed by atoms with van der Waals surface area (Å²) in [7, 11) is 1.37. The number of likely N-dealkylation sites (tertiary alicyclic amines) is 2. The maximum atomic E-state index is 14.1. The Morgan fingerprint density at radius 3 is 2.38 bits per heavy atom. The highest BCUT2D eigenvalue weighted by atomic mass is 35.5. The number of hydrogen-bond donors (Lipinski definition) is 1. The van der Waals surface area contributed by atoms with Crippen LogP contribution in [0.5, 0.6) is 5.75 Å². The fraction of sp³-hybridized carbons (Fsp3) is 0.484. The zero-order valence-electron chi connectivity index (χ0n) is 22.1. The number of hydrogen-bond acceptors (Lipinski definition) is 5. The first kappa shape index (κ1) is 26.0. The molecule has 2 saturated carbocycles. The van der Waals surface area contributed by atoms with Crippen molar-refractivity contribution in [1.82, 2.24) is 9.80 Å². The summed E-state index contributed by atoms with van der Waals surface area (Å²) in [6.07, 6.45) is 6.87. The molecule has 5 aliphatic rings. The van der Waals surface area contributed by atoms with Crippen molar-refractivity contribution in [2.75, 3.05) is 7.05 Å². The van der Waals surface area contributed by atoms with Crippen LogP contribution in [0.4, 0.5) is 0 Å². The molecule has 208 valence electrons. The van der Waals surface area contributed by atoms with Crippen molar-refractivity contribution < 1.29 is 24.3 Å². The first-order chi connectivity index (χ1) is 19.1. The SMILES string of the molecule is CN1C(=O)[C@]2(Cl)C[C@@H]3C(=CC[C@@H]4C(=O)N(C5CCCCC5)C(=O)[C@@H]43)[C@H](c3ccc4ccccc4c3O)[C@]2(Cl)C1=O. The summed E-state index contributed by atoms with van der Waals surface area (Å²) in [4.78, 5) is 53.8. The van der Waals surface area contributed by atoms with E-state index in [-0.39, 0.29) is 30.0 Å². The van der Waals surface area contributed by atoms with Crippen molar-refractivity contribution >= 4 is 57.6 Å². The molecule has 2 aromatic rings. The van der Waals surface area contributed by atoms with Crippen LogP contribution in [-0.4, -0.2) is 61.4 Å². The minimum Gasteiger partial charge on any atom is -0.507 e. The number of allylic oxidation sites excluding steroid dienone is 2. The third-order valence-corrected chi connectivity index (χ3v) is 11.6. The lowest BCUT2D eigenvalue weighted by molar-refractivity contribution is -0.144. The lowest BCUT2D eigenvalue weighted by Gasteiger charge is -2.50. The molecule has 2 aromatic carbocycles. The second kappa shape index (κ2) is 8.80. The van der Waals surface area contributed by atoms with E-state index in [1.54, 1.807) is 12.1 Å². The number of aromatic hydroxyl groups is 1. The van der Waals surface area contributed by atoms with E-state index in [1.165, 1.54) is 11.9 Å². The number of phenols is 1. The van der Waals surface area contributed by atoms with Crippen molar-refractivity contribution in [3.8, 4) is 5.75 Å². The van der Waals surface area contributed by atoms with Gasteiger partial charge in [-0.1, -0.05) is 67.3 Å². The number of halogens is 2. The minimum atomic E-state index is -1.91. The van der Waals surface area contributed by atoms with Gasteiger partial charge in [-0.25, -0.2) is 0 Å². The highest BCUT2D eigenvalue weighted by molar-refractivity contribution is 6.53. The highest BCUT2D eigenvalue weighted by Crippen LogP contribution is 2.66. The summed E-state index contributed by atoms with van der Waals surface area (Å²) in [6, 6.07) is 10.8. The van der Waals surface area contributed by atoms with Crippen molar-refractivity contribution in [3.63, 3.8) is 0 Å². The Morgan fingerprint density at radius 2 is 1.62 bits per heavy atom. The second-order valence-corrected chi connectivity index (χ2v) is 13.3. The quantitative estimate of drug-likeness (QED) is 0.311. The molecule has 7 rings (SSSR count). The third-order valence-electron chi connectivity index (χ3n) is 10.2. The van der Waals surface area contributed by atoms with E-state index >= 15 is 0 Å². The van der Waals surface area contributed by atoms with Gasteiger partial charge in [-0.15, -0.1) is 23.2 Å². The second-order valence-electron chi connectivity index (χ2n) is 12.1. The molecule has 4 amide bonds. The Hall–Kier alpha value is -2.90. The van der Waals surface area contributed by atoms with Crippen molar-refractivity contribution in [1.29, 1.82) is 0 Å². The molecule has 2 aliphatic heterocycles. The van der Waals surface area contributed by atoms with Crippen LogP contribution in [0.3, 0.4) is 0 Å². The molecule has 2 saturated heterocycles. The molecule has 4 fully saturated rings. The van der Waals surface area contributed by atoms with Gasteiger partial charge in [0.05, 0.1) is 11.8 Å². The molecule has 1 N–H and O–H groups in total. The number of rotatable bonds is 2. The number of alkyl halides is 2. The predicted molar refractivity (Wildman–Crippen MR) is 150 cm³/mol. The molecule has 0 spiro atoms. The number of imide groups is 2. The van der Waals surface area contributed by atoms with Gasteiger partial charge in [0, 0.05) is 30.0 Å². The maximum absolute atomic E-state index is 14.1. The van der Waals surface area contributed by atoms with Crippen LogP contribution in [0.15, 0.2) is 48.0 Å². The van der Waals surface area contributed by atoms with Gasteiger partial charge in [-0.05, 0) is 37.0 Å². The third kappa shape index (κ3) is 3.14. The monoisotopic (exact) mass is 580 g/mol. The molecule has 0 bridgehead atoms. The first-order valence-corrected chi connectivity index (χ1v) is 14.8. The van der Waals surface area contributed by atoms with Crippen LogP contribution in [0.2, 0.25) is 0 Å². The molecule has 2 heterocycles. The molecule has 40 heavy (non-hydrogen) atoms. The van der Waals surface area contributed by atoms with E-state index in [4.69, 9.17) is 23.2 Å². The molecule has 9 heteroatoms. The number of amides is 4. The molecule has 7 nitrogen and oxygen atoms in total. The summed E-state index contributed by atoms with van der Waals surface area (Å²) < 4.78 is 0. The van der Waals surface area contributed by atoms with Gasteiger partial charge in [-0.3, -0.25) is 29.0 Å². The topological polar surface area (TPSA) is 95.0 Å². The summed E-state index contributed by atoms with van der Waals surface area (Å²) in [5.41, 5.74) is 1.08. The fourth-order valence-electron chi connectivity index (χ4n) is 8.32. The van der Waals surface area contributed by atoms with Gasteiger partial charge < -0.3 is 5.11 Å². The Labute approximate surface area is 242 Å². The molecular formula is C31H30Cl2N2O5. The lowest BCUT2D eigenvalue weighted by atomic mass is 9.56. The van der Waals surface area contributed by atoms with Gasteiger partial charge >= 0.3 is 0 Å². The van der Waals surface area contributed by atoms with E-state index in [1.807, 2.05) is 30.3 Å². The summed E-state index contributed by atoms with van der Waals surface area (Å²) in [6.45, 7) is 0. The van der Waals surface area contributed by atoms with Gasteiger partial charge in [0.15, 0.2) is 9.75 Å². The average Bonchev–Trinajstić information content (AvgIpc) is 3.29. The van der Waals surface area contributed by atoms with Gasteiger partial charge in [0.25, 0.3) is 11.8 Å². The van der Waals surface area contributed by atoms with E-state index in [9.17, 15) is 24.3 Å². The fourth-order valence-corrected chi connectivity index (χ4v) is 9.33. The number of carbonyl (C=O) groups excluding carboxylic acids is 4. The maximum Gasteiger partial charge on any atom is 0.253 e. The number of benzene rings is 2. The molecule has 0 aromatic heterocycles. The average molecular weight is 581 g/mol. The van der Waals surface area contributed by atoms with E-state index in [0.717, 1.165) is 42.4 Å². The van der Waals surface area contributed by atoms with Gasteiger partial charge in [0.1, 0.15) is 5.75 Å². The summed E-state index contributed by atoms with van der Waals surface area (Å²) >= 11 is 14.5. The number of phenolic OH excluding ortho intramolecular Hbond substituents is 1. The van der Waals surface area contributed by atoms with Crippen LogP contribution in [0, 0.1) is 17.8 Å². The Morgan fingerprint density at radius 1 is 0.900 bits per heavy atom. The Balaban J connectivity index is 1.41. The highest BCUT2D eigenvalue weighted by Gasteiger charge is 2.76. The minimum absolute atomic E-state index is 0.0393. The van der Waals surface area contributed by atoms with E-state index in [2.05, 4.69) is 0 Å². The van der Waals surface area contributed by atoms with E-state index in [0.29, 0.717) is 22.9 Å². The van der Waals surface area contributed by atoms with Gasteiger partial charge in [0.2, 0.25) is 11.8 Å². The zero-order valence-corrected chi connectivity index (χ0v) is 23.6. The predicted octanol–water partition coefficient (Wildman–Crippen LogP) is 4.87. The Kier molecular flexibility index (Phi) is 5.72. The van der Waals surface area contributed by atoms with Crippen molar-refractivity contribution in [2.45, 2.75) is 66.7 Å². The van der Waals surface area contributed by atoms with Crippen LogP contribution in [0.25, 0.3) is 10.8 Å². The number of nitrogens with zero attached hydrogens (tertiary/aromatic N) is 2.